The van der Waals surface area contributed by atoms with Crippen LogP contribution in [0.5, 0.6) is 0 Å². The van der Waals surface area contributed by atoms with Crippen LogP contribution in [-0.2, 0) is 0 Å². The molecule has 0 unspecified atom stereocenters. The SMILES string of the molecule is C=Cc1ccc(-c2ccccn2)c(C)c1.CC. The molecular weight excluding hydrogens is 206 g/mol. The molecule has 88 valence electrons. The van der Waals surface area contributed by atoms with Crippen molar-refractivity contribution in [3.63, 3.8) is 0 Å². The van der Waals surface area contributed by atoms with Crippen molar-refractivity contribution < 1.29 is 0 Å². The fourth-order valence-electron chi connectivity index (χ4n) is 1.62. The topological polar surface area (TPSA) is 12.9 Å². The van der Waals surface area contributed by atoms with E-state index in [2.05, 4.69) is 36.7 Å². The van der Waals surface area contributed by atoms with Crippen LogP contribution in [0.4, 0.5) is 0 Å². The number of aryl methyl sites for hydroxylation is 1. The van der Waals surface area contributed by atoms with Gasteiger partial charge >= 0.3 is 0 Å². The predicted molar refractivity (Wildman–Crippen MR) is 75.8 cm³/mol. The van der Waals surface area contributed by atoms with Gasteiger partial charge in [0, 0.05) is 11.8 Å². The summed E-state index contributed by atoms with van der Waals surface area (Å²) in [6, 6.07) is 12.2. The molecule has 0 fully saturated rings. The van der Waals surface area contributed by atoms with E-state index in [0.717, 1.165) is 11.3 Å². The lowest BCUT2D eigenvalue weighted by Crippen LogP contribution is -1.86. The molecule has 0 saturated carbocycles. The van der Waals surface area contributed by atoms with Gasteiger partial charge in [-0.05, 0) is 30.2 Å². The lowest BCUT2D eigenvalue weighted by molar-refractivity contribution is 1.30. The average molecular weight is 225 g/mol. The van der Waals surface area contributed by atoms with Gasteiger partial charge in [0.25, 0.3) is 0 Å². The fraction of sp³-hybridized carbons (Fsp3) is 0.188. The molecule has 0 N–H and O–H groups in total. The van der Waals surface area contributed by atoms with E-state index in [-0.39, 0.29) is 0 Å². The van der Waals surface area contributed by atoms with E-state index >= 15 is 0 Å². The van der Waals surface area contributed by atoms with Crippen molar-refractivity contribution in [1.29, 1.82) is 0 Å². The molecule has 1 nitrogen and oxygen atoms in total. The Morgan fingerprint density at radius 3 is 2.41 bits per heavy atom. The molecule has 0 amide bonds. The minimum atomic E-state index is 1.02. The maximum absolute atomic E-state index is 4.34. The summed E-state index contributed by atoms with van der Waals surface area (Å²) in [4.78, 5) is 4.34. The Morgan fingerprint density at radius 1 is 1.12 bits per heavy atom. The van der Waals surface area contributed by atoms with Gasteiger partial charge in [-0.25, -0.2) is 0 Å². The Morgan fingerprint density at radius 2 is 1.88 bits per heavy atom. The van der Waals surface area contributed by atoms with Crippen molar-refractivity contribution in [3.8, 4) is 11.3 Å². The molecule has 1 heteroatoms. The summed E-state index contributed by atoms with van der Waals surface area (Å²) in [6.07, 6.45) is 3.67. The minimum absolute atomic E-state index is 1.02. The van der Waals surface area contributed by atoms with E-state index < -0.39 is 0 Å². The first kappa shape index (κ1) is 13.2. The molecule has 2 rings (SSSR count). The number of aromatic nitrogens is 1. The van der Waals surface area contributed by atoms with Gasteiger partial charge < -0.3 is 0 Å². The summed E-state index contributed by atoms with van der Waals surface area (Å²) in [5.41, 5.74) is 4.57. The van der Waals surface area contributed by atoms with E-state index in [1.54, 1.807) is 0 Å². The van der Waals surface area contributed by atoms with Crippen LogP contribution in [0, 0.1) is 6.92 Å². The highest BCUT2D eigenvalue weighted by atomic mass is 14.7. The highest BCUT2D eigenvalue weighted by molar-refractivity contribution is 5.66. The van der Waals surface area contributed by atoms with Crippen LogP contribution in [0.3, 0.4) is 0 Å². The van der Waals surface area contributed by atoms with Gasteiger partial charge in [-0.3, -0.25) is 4.98 Å². The number of pyridine rings is 1. The molecule has 0 radical (unpaired) electrons. The van der Waals surface area contributed by atoms with Gasteiger partial charge in [0.2, 0.25) is 0 Å². The van der Waals surface area contributed by atoms with Crippen LogP contribution in [-0.4, -0.2) is 4.98 Å². The molecule has 0 atom stereocenters. The van der Waals surface area contributed by atoms with Crippen molar-refractivity contribution in [3.05, 3.63) is 60.3 Å². The largest absolute Gasteiger partial charge is 0.256 e. The van der Waals surface area contributed by atoms with Crippen LogP contribution in [0.25, 0.3) is 17.3 Å². The Kier molecular flexibility index (Phi) is 5.15. The number of benzene rings is 1. The third kappa shape index (κ3) is 3.28. The molecule has 0 saturated heterocycles. The molecule has 0 aliphatic carbocycles. The van der Waals surface area contributed by atoms with E-state index in [0.29, 0.717) is 0 Å². The van der Waals surface area contributed by atoms with E-state index in [1.807, 2.05) is 44.3 Å². The Bertz CT molecular complexity index is 472. The molecule has 1 aromatic heterocycles. The number of rotatable bonds is 2. The maximum atomic E-state index is 4.34. The van der Waals surface area contributed by atoms with Crippen molar-refractivity contribution in [1.82, 2.24) is 4.98 Å². The van der Waals surface area contributed by atoms with E-state index in [1.165, 1.54) is 11.1 Å². The van der Waals surface area contributed by atoms with Crippen molar-refractivity contribution in [2.45, 2.75) is 20.8 Å². The maximum Gasteiger partial charge on any atom is 0.0704 e. The summed E-state index contributed by atoms with van der Waals surface area (Å²) in [5.74, 6) is 0. The summed E-state index contributed by atoms with van der Waals surface area (Å²) in [6.45, 7) is 9.85. The molecule has 2 aromatic rings. The second kappa shape index (κ2) is 6.64. The highest BCUT2D eigenvalue weighted by Crippen LogP contribution is 2.22. The van der Waals surface area contributed by atoms with Gasteiger partial charge in [0.1, 0.15) is 0 Å². The zero-order valence-corrected chi connectivity index (χ0v) is 10.8. The Labute approximate surface area is 104 Å². The van der Waals surface area contributed by atoms with Crippen LogP contribution in [0.15, 0.2) is 49.2 Å². The third-order valence-electron chi connectivity index (χ3n) is 2.43. The molecule has 1 aromatic carbocycles. The van der Waals surface area contributed by atoms with Gasteiger partial charge in [-0.15, -0.1) is 0 Å². The van der Waals surface area contributed by atoms with Crippen LogP contribution in [0.2, 0.25) is 0 Å². The molecule has 0 aliphatic rings. The lowest BCUT2D eigenvalue weighted by Gasteiger charge is -2.05. The number of nitrogens with zero attached hydrogens (tertiary/aromatic N) is 1. The van der Waals surface area contributed by atoms with Crippen molar-refractivity contribution in [2.75, 3.05) is 0 Å². The normalized spacial score (nSPS) is 9.12. The molecular formula is C16H19N. The third-order valence-corrected chi connectivity index (χ3v) is 2.43. The van der Waals surface area contributed by atoms with Gasteiger partial charge in [-0.2, -0.15) is 0 Å². The summed E-state index contributed by atoms with van der Waals surface area (Å²) < 4.78 is 0. The van der Waals surface area contributed by atoms with Gasteiger partial charge in [-0.1, -0.05) is 50.8 Å². The second-order valence-electron chi connectivity index (χ2n) is 3.49. The van der Waals surface area contributed by atoms with Crippen LogP contribution < -0.4 is 0 Å². The lowest BCUT2D eigenvalue weighted by atomic mass is 10.0. The zero-order chi connectivity index (χ0) is 12.7. The van der Waals surface area contributed by atoms with Gasteiger partial charge in [0.15, 0.2) is 0 Å². The van der Waals surface area contributed by atoms with Crippen LogP contribution in [0.1, 0.15) is 25.0 Å². The first-order valence-corrected chi connectivity index (χ1v) is 5.96. The predicted octanol–water partition coefficient (Wildman–Crippen LogP) is 4.73. The van der Waals surface area contributed by atoms with Crippen molar-refractivity contribution >= 4 is 6.08 Å². The monoisotopic (exact) mass is 225 g/mol. The van der Waals surface area contributed by atoms with E-state index in [9.17, 15) is 0 Å². The summed E-state index contributed by atoms with van der Waals surface area (Å²) in [5, 5.41) is 0. The standard InChI is InChI=1S/C14H13N.C2H6/c1-3-12-7-8-13(11(2)10-12)14-6-4-5-9-15-14;1-2/h3-10H,1H2,2H3;1-2H3. The summed E-state index contributed by atoms with van der Waals surface area (Å²) in [7, 11) is 0. The number of hydrogen-bond acceptors (Lipinski definition) is 1. The summed E-state index contributed by atoms with van der Waals surface area (Å²) >= 11 is 0. The fourth-order valence-corrected chi connectivity index (χ4v) is 1.62. The quantitative estimate of drug-likeness (QED) is 0.720. The van der Waals surface area contributed by atoms with E-state index in [4.69, 9.17) is 0 Å². The van der Waals surface area contributed by atoms with Crippen LogP contribution >= 0.6 is 0 Å². The molecule has 0 bridgehead atoms. The first-order chi connectivity index (χ1) is 8.31. The second-order valence-corrected chi connectivity index (χ2v) is 3.49. The van der Waals surface area contributed by atoms with Crippen molar-refractivity contribution in [2.24, 2.45) is 0 Å². The zero-order valence-electron chi connectivity index (χ0n) is 10.8. The smallest absolute Gasteiger partial charge is 0.0704 e. The molecule has 0 spiro atoms. The molecule has 1 heterocycles. The Hall–Kier alpha value is -1.89. The minimum Gasteiger partial charge on any atom is -0.256 e. The highest BCUT2D eigenvalue weighted by Gasteiger charge is 2.01. The molecule has 0 aliphatic heterocycles. The average Bonchev–Trinajstić information content (AvgIpc) is 2.42. The van der Waals surface area contributed by atoms with Gasteiger partial charge in [0.05, 0.1) is 5.69 Å². The first-order valence-electron chi connectivity index (χ1n) is 5.96. The number of hydrogen-bond donors (Lipinski definition) is 0. The Balaban J connectivity index is 0.000000686. The molecule has 17 heavy (non-hydrogen) atoms.